The first-order valence-corrected chi connectivity index (χ1v) is 4.85. The van der Waals surface area contributed by atoms with Gasteiger partial charge in [0, 0.05) is 6.61 Å². The first-order chi connectivity index (χ1) is 6.53. The molecule has 1 N–H and O–H groups in total. The second-order valence-electron chi connectivity index (χ2n) is 4.51. The van der Waals surface area contributed by atoms with E-state index in [9.17, 15) is 0 Å². The van der Waals surface area contributed by atoms with Crippen molar-refractivity contribution in [3.63, 3.8) is 0 Å². The zero-order valence-electron chi connectivity index (χ0n) is 9.08. The summed E-state index contributed by atoms with van der Waals surface area (Å²) < 4.78 is 5.21. The summed E-state index contributed by atoms with van der Waals surface area (Å²) in [6.07, 6.45) is 4.55. The van der Waals surface area contributed by atoms with Gasteiger partial charge in [-0.15, -0.1) is 0 Å². The minimum Gasteiger partial charge on any atom is -0.465 e. The molecule has 0 aliphatic carbocycles. The number of aliphatic hydroxyl groups excluding tert-OH is 1. The lowest BCUT2D eigenvalue weighted by Crippen LogP contribution is -2.16. The Labute approximate surface area is 85.2 Å². The van der Waals surface area contributed by atoms with Gasteiger partial charge < -0.3 is 9.52 Å². The van der Waals surface area contributed by atoms with Crippen molar-refractivity contribution in [1.29, 1.82) is 0 Å². The maximum absolute atomic E-state index is 9.12. The summed E-state index contributed by atoms with van der Waals surface area (Å²) in [5.74, 6) is 0.872. The number of allylic oxidation sites excluding steroid dienone is 1. The summed E-state index contributed by atoms with van der Waals surface area (Å²) in [4.78, 5) is 0. The van der Waals surface area contributed by atoms with Gasteiger partial charge in [0.1, 0.15) is 5.76 Å². The zero-order valence-corrected chi connectivity index (χ0v) is 9.08. The molecule has 0 saturated heterocycles. The van der Waals surface area contributed by atoms with Gasteiger partial charge >= 0.3 is 0 Å². The molecule has 0 amide bonds. The van der Waals surface area contributed by atoms with Crippen LogP contribution in [0, 0.1) is 5.41 Å². The average molecular weight is 194 g/mol. The van der Waals surface area contributed by atoms with Crippen LogP contribution in [0.4, 0.5) is 0 Å². The number of furan rings is 1. The number of rotatable bonds is 4. The predicted octanol–water partition coefficient (Wildman–Crippen LogP) is 3.09. The van der Waals surface area contributed by atoms with Crippen molar-refractivity contribution >= 4 is 6.08 Å². The predicted molar refractivity (Wildman–Crippen MR) is 57.8 cm³/mol. The monoisotopic (exact) mass is 194 g/mol. The standard InChI is InChI=1S/C12H18O2/c1-10(8-12(2,3)9-13)7-11-5-4-6-14-11/h4-7,13H,8-9H2,1-3H3/b10-7+. The highest BCUT2D eigenvalue weighted by atomic mass is 16.3. The van der Waals surface area contributed by atoms with Gasteiger partial charge in [-0.3, -0.25) is 0 Å². The minimum absolute atomic E-state index is 0.0484. The topological polar surface area (TPSA) is 33.4 Å². The third kappa shape index (κ3) is 3.38. The highest BCUT2D eigenvalue weighted by Gasteiger charge is 2.16. The van der Waals surface area contributed by atoms with E-state index in [0.717, 1.165) is 12.2 Å². The van der Waals surface area contributed by atoms with Crippen molar-refractivity contribution in [1.82, 2.24) is 0 Å². The molecule has 78 valence electrons. The second kappa shape index (κ2) is 4.47. The first-order valence-electron chi connectivity index (χ1n) is 4.85. The summed E-state index contributed by atoms with van der Waals surface area (Å²) in [6, 6.07) is 3.80. The molecule has 0 unspecified atom stereocenters. The number of hydrogen-bond acceptors (Lipinski definition) is 2. The minimum atomic E-state index is -0.0484. The Morgan fingerprint density at radius 3 is 2.79 bits per heavy atom. The Bertz CT molecular complexity index is 294. The molecule has 2 heteroatoms. The number of aliphatic hydroxyl groups is 1. The molecule has 1 heterocycles. The molecule has 0 aromatic carbocycles. The highest BCUT2D eigenvalue weighted by molar-refractivity contribution is 5.46. The molecule has 0 bridgehead atoms. The Hall–Kier alpha value is -1.02. The van der Waals surface area contributed by atoms with Crippen LogP contribution in [0.3, 0.4) is 0 Å². The molecule has 14 heavy (non-hydrogen) atoms. The van der Waals surface area contributed by atoms with Gasteiger partial charge in [0.15, 0.2) is 0 Å². The van der Waals surface area contributed by atoms with E-state index in [1.807, 2.05) is 32.1 Å². The molecule has 2 nitrogen and oxygen atoms in total. The van der Waals surface area contributed by atoms with Crippen LogP contribution in [0.5, 0.6) is 0 Å². The fourth-order valence-corrected chi connectivity index (χ4v) is 1.48. The molecule has 0 aliphatic heterocycles. The molecule has 0 spiro atoms. The summed E-state index contributed by atoms with van der Waals surface area (Å²) >= 11 is 0. The first kappa shape index (κ1) is 11.1. The molecular weight excluding hydrogens is 176 g/mol. The molecule has 1 aromatic rings. The zero-order chi connectivity index (χ0) is 10.6. The molecule has 0 aliphatic rings. The van der Waals surface area contributed by atoms with Crippen molar-refractivity contribution in [2.24, 2.45) is 5.41 Å². The fraction of sp³-hybridized carbons (Fsp3) is 0.500. The summed E-state index contributed by atoms with van der Waals surface area (Å²) in [5.41, 5.74) is 1.17. The van der Waals surface area contributed by atoms with E-state index < -0.39 is 0 Å². The van der Waals surface area contributed by atoms with Crippen LogP contribution in [0.1, 0.15) is 33.0 Å². The van der Waals surface area contributed by atoms with Crippen LogP contribution in [0.15, 0.2) is 28.4 Å². The van der Waals surface area contributed by atoms with Gasteiger partial charge in [-0.2, -0.15) is 0 Å². The van der Waals surface area contributed by atoms with Crippen LogP contribution in [0.25, 0.3) is 6.08 Å². The van der Waals surface area contributed by atoms with E-state index in [1.54, 1.807) is 6.26 Å². The maximum atomic E-state index is 9.12. The highest BCUT2D eigenvalue weighted by Crippen LogP contribution is 2.25. The Balaban J connectivity index is 2.62. The Morgan fingerprint density at radius 2 is 2.29 bits per heavy atom. The van der Waals surface area contributed by atoms with Gasteiger partial charge in [-0.25, -0.2) is 0 Å². The lowest BCUT2D eigenvalue weighted by Gasteiger charge is -2.21. The van der Waals surface area contributed by atoms with Gasteiger partial charge in [-0.1, -0.05) is 19.4 Å². The van der Waals surface area contributed by atoms with Crippen molar-refractivity contribution in [3.8, 4) is 0 Å². The van der Waals surface area contributed by atoms with Gasteiger partial charge in [-0.05, 0) is 37.0 Å². The van der Waals surface area contributed by atoms with E-state index in [1.165, 1.54) is 5.57 Å². The van der Waals surface area contributed by atoms with Gasteiger partial charge in [0.05, 0.1) is 6.26 Å². The van der Waals surface area contributed by atoms with Crippen LogP contribution in [-0.4, -0.2) is 11.7 Å². The van der Waals surface area contributed by atoms with Crippen LogP contribution in [-0.2, 0) is 0 Å². The molecule has 0 fully saturated rings. The van der Waals surface area contributed by atoms with Crippen molar-refractivity contribution < 1.29 is 9.52 Å². The van der Waals surface area contributed by atoms with Crippen molar-refractivity contribution in [3.05, 3.63) is 29.7 Å². The fourth-order valence-electron chi connectivity index (χ4n) is 1.48. The Kier molecular flexibility index (Phi) is 3.53. The third-order valence-corrected chi connectivity index (χ3v) is 2.12. The smallest absolute Gasteiger partial charge is 0.126 e. The van der Waals surface area contributed by atoms with E-state index in [4.69, 9.17) is 9.52 Å². The van der Waals surface area contributed by atoms with Crippen molar-refractivity contribution in [2.75, 3.05) is 6.61 Å². The quantitative estimate of drug-likeness (QED) is 0.799. The summed E-state index contributed by atoms with van der Waals surface area (Å²) in [6.45, 7) is 6.36. The van der Waals surface area contributed by atoms with E-state index in [-0.39, 0.29) is 12.0 Å². The largest absolute Gasteiger partial charge is 0.465 e. The third-order valence-electron chi connectivity index (χ3n) is 2.12. The Morgan fingerprint density at radius 1 is 1.57 bits per heavy atom. The SMILES string of the molecule is C/C(=C\c1ccco1)CC(C)(C)CO. The van der Waals surface area contributed by atoms with Crippen LogP contribution in [0.2, 0.25) is 0 Å². The van der Waals surface area contributed by atoms with Gasteiger partial charge in [0.25, 0.3) is 0 Å². The molecule has 1 aromatic heterocycles. The van der Waals surface area contributed by atoms with E-state index in [2.05, 4.69) is 6.92 Å². The number of hydrogen-bond donors (Lipinski definition) is 1. The molecule has 0 saturated carbocycles. The molecular formula is C12H18O2. The van der Waals surface area contributed by atoms with E-state index >= 15 is 0 Å². The summed E-state index contributed by atoms with van der Waals surface area (Å²) in [5, 5.41) is 9.12. The second-order valence-corrected chi connectivity index (χ2v) is 4.51. The maximum Gasteiger partial charge on any atom is 0.126 e. The summed E-state index contributed by atoms with van der Waals surface area (Å²) in [7, 11) is 0. The van der Waals surface area contributed by atoms with Gasteiger partial charge in [0.2, 0.25) is 0 Å². The van der Waals surface area contributed by atoms with E-state index in [0.29, 0.717) is 0 Å². The normalized spacial score (nSPS) is 13.3. The molecule has 1 rings (SSSR count). The average Bonchev–Trinajstić information content (AvgIpc) is 2.55. The lowest BCUT2D eigenvalue weighted by atomic mass is 9.87. The van der Waals surface area contributed by atoms with Crippen molar-refractivity contribution in [2.45, 2.75) is 27.2 Å². The lowest BCUT2D eigenvalue weighted by molar-refractivity contribution is 0.160. The molecule has 0 radical (unpaired) electrons. The van der Waals surface area contributed by atoms with Crippen LogP contribution >= 0.6 is 0 Å². The molecule has 0 atom stereocenters. The van der Waals surface area contributed by atoms with Crippen LogP contribution < -0.4 is 0 Å².